The number of carbonyl (C=O) groups excluding carboxylic acids is 1. The molecule has 0 saturated heterocycles. The number of methoxy groups -OCH3 is 1. The summed E-state index contributed by atoms with van der Waals surface area (Å²) in [6, 6.07) is 9.93. The summed E-state index contributed by atoms with van der Waals surface area (Å²) in [6.45, 7) is 7.15. The highest BCUT2D eigenvalue weighted by atomic mass is 32.1. The monoisotopic (exact) mass is 389 g/mol. The Kier molecular flexibility index (Phi) is 6.24. The van der Waals surface area contributed by atoms with Crippen LogP contribution in [0.2, 0.25) is 0 Å². The van der Waals surface area contributed by atoms with Gasteiger partial charge in [0.25, 0.3) is 5.91 Å². The Hall–Kier alpha value is -1.96. The van der Waals surface area contributed by atoms with E-state index < -0.39 is 0 Å². The molecule has 0 aliphatic heterocycles. The molecule has 0 aliphatic carbocycles. The fraction of sp³-hybridized carbons (Fsp3) is 0.368. The normalized spacial score (nSPS) is 11.0. The predicted octanol–water partition coefficient (Wildman–Crippen LogP) is 4.28. The third-order valence-corrected chi connectivity index (χ3v) is 6.41. The van der Waals surface area contributed by atoms with Crippen LogP contribution in [0.4, 0.5) is 5.13 Å². The minimum atomic E-state index is -0.0585. The smallest absolute Gasteiger partial charge is 0.261 e. The molecule has 1 amide bonds. The van der Waals surface area contributed by atoms with Crippen LogP contribution in [0.5, 0.6) is 0 Å². The molecule has 0 unspecified atom stereocenters. The zero-order valence-electron chi connectivity index (χ0n) is 15.2. The molecule has 0 fully saturated rings. The molecule has 5 nitrogen and oxygen atoms in total. The third-order valence-electron chi connectivity index (χ3n) is 4.19. The first-order valence-corrected chi connectivity index (χ1v) is 10.3. The molecular formula is C19H23N3O2S2. The molecule has 138 valence electrons. The molecule has 1 N–H and O–H groups in total. The van der Waals surface area contributed by atoms with Crippen LogP contribution >= 0.6 is 22.7 Å². The molecule has 0 bridgehead atoms. The highest BCUT2D eigenvalue weighted by molar-refractivity contribution is 7.29. The van der Waals surface area contributed by atoms with E-state index in [0.717, 1.165) is 38.9 Å². The number of ether oxygens (including phenoxy) is 1. The van der Waals surface area contributed by atoms with Gasteiger partial charge >= 0.3 is 0 Å². The average molecular weight is 390 g/mol. The molecule has 26 heavy (non-hydrogen) atoms. The average Bonchev–Trinajstić information content (AvgIpc) is 3.21. The number of aromatic nitrogens is 1. The molecule has 0 spiro atoms. The molecule has 2 heterocycles. The van der Waals surface area contributed by atoms with E-state index >= 15 is 0 Å². The van der Waals surface area contributed by atoms with E-state index in [-0.39, 0.29) is 5.91 Å². The van der Waals surface area contributed by atoms with Crippen molar-refractivity contribution in [3.05, 3.63) is 46.3 Å². The second-order valence-corrected chi connectivity index (χ2v) is 7.87. The standard InChI is InChI=1S/C19H23N3O2S2/c1-4-22(5-2)19-21-18-16(26-19)10-15(25-18)17(23)20-11-13-8-6-7-9-14(13)12-24-3/h6-10H,4-5,11-12H2,1-3H3,(H,20,23). The van der Waals surface area contributed by atoms with Crippen LogP contribution in [-0.4, -0.2) is 31.1 Å². The van der Waals surface area contributed by atoms with Crippen molar-refractivity contribution in [1.82, 2.24) is 10.3 Å². The van der Waals surface area contributed by atoms with Crippen molar-refractivity contribution in [3.63, 3.8) is 0 Å². The number of anilines is 1. The number of thiazole rings is 1. The van der Waals surface area contributed by atoms with Gasteiger partial charge in [0.05, 0.1) is 16.2 Å². The quantitative estimate of drug-likeness (QED) is 0.625. The maximum atomic E-state index is 12.5. The van der Waals surface area contributed by atoms with Crippen LogP contribution in [0.1, 0.15) is 34.6 Å². The van der Waals surface area contributed by atoms with Crippen LogP contribution in [0.15, 0.2) is 30.3 Å². The molecule has 1 aromatic carbocycles. The maximum Gasteiger partial charge on any atom is 0.261 e. The Labute approximate surface area is 161 Å². The molecule has 2 aromatic heterocycles. The van der Waals surface area contributed by atoms with Crippen molar-refractivity contribution < 1.29 is 9.53 Å². The number of rotatable bonds is 8. The zero-order chi connectivity index (χ0) is 18.5. The van der Waals surface area contributed by atoms with E-state index in [0.29, 0.717) is 18.0 Å². The van der Waals surface area contributed by atoms with Gasteiger partial charge in [0.1, 0.15) is 4.83 Å². The molecule has 0 atom stereocenters. The number of thiophene rings is 1. The lowest BCUT2D eigenvalue weighted by Gasteiger charge is -2.16. The lowest BCUT2D eigenvalue weighted by atomic mass is 10.1. The summed E-state index contributed by atoms with van der Waals surface area (Å²) < 4.78 is 6.29. The Bertz CT molecular complexity index is 852. The fourth-order valence-corrected chi connectivity index (χ4v) is 5.01. The van der Waals surface area contributed by atoms with E-state index in [2.05, 4.69) is 29.0 Å². The van der Waals surface area contributed by atoms with E-state index in [1.165, 1.54) is 11.3 Å². The summed E-state index contributed by atoms with van der Waals surface area (Å²) in [6.07, 6.45) is 0. The molecule has 0 saturated carbocycles. The van der Waals surface area contributed by atoms with E-state index in [9.17, 15) is 4.79 Å². The summed E-state index contributed by atoms with van der Waals surface area (Å²) in [7, 11) is 1.67. The van der Waals surface area contributed by atoms with Gasteiger partial charge in [-0.2, -0.15) is 0 Å². The minimum absolute atomic E-state index is 0.0585. The highest BCUT2D eigenvalue weighted by Gasteiger charge is 2.16. The van der Waals surface area contributed by atoms with Crippen molar-refractivity contribution >= 4 is 43.2 Å². The highest BCUT2D eigenvalue weighted by Crippen LogP contribution is 2.34. The van der Waals surface area contributed by atoms with E-state index in [4.69, 9.17) is 4.74 Å². The van der Waals surface area contributed by atoms with Gasteiger partial charge in [-0.3, -0.25) is 4.79 Å². The van der Waals surface area contributed by atoms with Crippen molar-refractivity contribution in [1.29, 1.82) is 0 Å². The summed E-state index contributed by atoms with van der Waals surface area (Å²) in [5, 5.41) is 4.03. The van der Waals surface area contributed by atoms with Crippen molar-refractivity contribution in [2.24, 2.45) is 0 Å². The summed E-state index contributed by atoms with van der Waals surface area (Å²) in [5.41, 5.74) is 2.16. The van der Waals surface area contributed by atoms with E-state index in [1.807, 2.05) is 30.3 Å². The fourth-order valence-electron chi connectivity index (χ4n) is 2.75. The molecule has 3 rings (SSSR count). The number of nitrogens with zero attached hydrogens (tertiary/aromatic N) is 2. The van der Waals surface area contributed by atoms with Crippen LogP contribution in [-0.2, 0) is 17.9 Å². The molecule has 0 radical (unpaired) electrons. The van der Waals surface area contributed by atoms with E-state index in [1.54, 1.807) is 18.4 Å². The maximum absolute atomic E-state index is 12.5. The van der Waals surface area contributed by atoms with Gasteiger partial charge < -0.3 is 15.0 Å². The van der Waals surface area contributed by atoms with Crippen LogP contribution in [0.3, 0.4) is 0 Å². The lowest BCUT2D eigenvalue weighted by molar-refractivity contribution is 0.0954. The van der Waals surface area contributed by atoms with Gasteiger partial charge in [0.15, 0.2) is 5.13 Å². The van der Waals surface area contributed by atoms with Crippen LogP contribution < -0.4 is 10.2 Å². The first kappa shape index (κ1) is 18.8. The molecule has 0 aliphatic rings. The Morgan fingerprint density at radius 1 is 1.19 bits per heavy atom. The largest absolute Gasteiger partial charge is 0.380 e. The molecular weight excluding hydrogens is 366 g/mol. The number of amides is 1. The van der Waals surface area contributed by atoms with Gasteiger partial charge in [0, 0.05) is 26.7 Å². The lowest BCUT2D eigenvalue weighted by Crippen LogP contribution is -2.22. The number of nitrogens with one attached hydrogen (secondary N) is 1. The Balaban J connectivity index is 1.69. The van der Waals surface area contributed by atoms with Gasteiger partial charge in [-0.1, -0.05) is 35.6 Å². The van der Waals surface area contributed by atoms with Crippen LogP contribution in [0.25, 0.3) is 9.53 Å². The zero-order valence-corrected chi connectivity index (χ0v) is 16.9. The second kappa shape index (κ2) is 8.62. The SMILES string of the molecule is CCN(CC)c1nc2sc(C(=O)NCc3ccccc3COC)cc2s1. The topological polar surface area (TPSA) is 54.5 Å². The van der Waals surface area contributed by atoms with Crippen molar-refractivity contribution in [2.75, 3.05) is 25.1 Å². The van der Waals surface area contributed by atoms with Crippen molar-refractivity contribution in [3.8, 4) is 0 Å². The van der Waals surface area contributed by atoms with Gasteiger partial charge in [-0.25, -0.2) is 4.98 Å². The minimum Gasteiger partial charge on any atom is -0.380 e. The second-order valence-electron chi connectivity index (χ2n) is 5.83. The third kappa shape index (κ3) is 4.06. The Morgan fingerprint density at radius 2 is 1.92 bits per heavy atom. The first-order valence-electron chi connectivity index (χ1n) is 8.65. The number of carbonyl (C=O) groups is 1. The number of benzene rings is 1. The summed E-state index contributed by atoms with van der Waals surface area (Å²) in [4.78, 5) is 21.1. The first-order chi connectivity index (χ1) is 12.7. The summed E-state index contributed by atoms with van der Waals surface area (Å²) in [5.74, 6) is -0.0585. The number of fused-ring (bicyclic) bond motifs is 1. The predicted molar refractivity (Wildman–Crippen MR) is 109 cm³/mol. The van der Waals surface area contributed by atoms with Gasteiger partial charge in [0.2, 0.25) is 0 Å². The van der Waals surface area contributed by atoms with Crippen molar-refractivity contribution in [2.45, 2.75) is 27.0 Å². The number of hydrogen-bond donors (Lipinski definition) is 1. The van der Waals surface area contributed by atoms with Crippen LogP contribution in [0, 0.1) is 0 Å². The summed E-state index contributed by atoms with van der Waals surface area (Å²) >= 11 is 3.10. The number of hydrogen-bond acceptors (Lipinski definition) is 6. The molecule has 7 heteroatoms. The Morgan fingerprint density at radius 3 is 2.58 bits per heavy atom. The van der Waals surface area contributed by atoms with Gasteiger partial charge in [-0.15, -0.1) is 11.3 Å². The van der Waals surface area contributed by atoms with Gasteiger partial charge in [-0.05, 0) is 31.0 Å². The molecule has 3 aromatic rings.